The minimum absolute atomic E-state index is 0.0206. The van der Waals surface area contributed by atoms with E-state index in [2.05, 4.69) is 10.3 Å². The summed E-state index contributed by atoms with van der Waals surface area (Å²) in [5.74, 6) is -0.0737. The van der Waals surface area contributed by atoms with Crippen LogP contribution in [0.2, 0.25) is 0 Å². The number of ether oxygens (including phenoxy) is 1. The molecule has 1 saturated heterocycles. The average Bonchev–Trinajstić information content (AvgIpc) is 3.30. The highest BCUT2D eigenvalue weighted by molar-refractivity contribution is 7.94. The fraction of sp³-hybridized carbons (Fsp3) is 0.500. The highest BCUT2D eigenvalue weighted by Crippen LogP contribution is 2.35. The Balaban J connectivity index is 2.01. The molecule has 1 N–H and O–H groups in total. The summed E-state index contributed by atoms with van der Waals surface area (Å²) < 4.78 is 56.6. The van der Waals surface area contributed by atoms with Gasteiger partial charge in [0.1, 0.15) is 5.00 Å². The molecule has 3 rings (SSSR count). The van der Waals surface area contributed by atoms with Gasteiger partial charge in [-0.1, -0.05) is 36.0 Å². The van der Waals surface area contributed by atoms with Crippen molar-refractivity contribution in [2.45, 2.75) is 53.5 Å². The average molecular weight is 445 g/mol. The van der Waals surface area contributed by atoms with Crippen LogP contribution < -0.4 is 5.32 Å². The van der Waals surface area contributed by atoms with Gasteiger partial charge in [-0.3, -0.25) is 0 Å². The number of benzene rings is 1. The Kier molecular flexibility index (Phi) is 6.43. The zero-order valence-electron chi connectivity index (χ0n) is 15.8. The number of aryl methyl sites for hydroxylation is 1. The Morgan fingerprint density at radius 3 is 2.54 bits per heavy atom. The van der Waals surface area contributed by atoms with E-state index in [-0.39, 0.29) is 31.1 Å². The summed E-state index contributed by atoms with van der Waals surface area (Å²) in [5.41, 5.74) is 0.931. The van der Waals surface area contributed by atoms with E-state index in [0.717, 1.165) is 29.7 Å². The van der Waals surface area contributed by atoms with Crippen LogP contribution in [0.3, 0.4) is 0 Å². The molecule has 0 unspecified atom stereocenters. The number of hydrogen-bond donors (Lipinski definition) is 1. The van der Waals surface area contributed by atoms with E-state index in [4.69, 9.17) is 4.74 Å². The third kappa shape index (κ3) is 4.56. The molecule has 2 aromatic rings. The van der Waals surface area contributed by atoms with Crippen LogP contribution in [0, 0.1) is 6.92 Å². The van der Waals surface area contributed by atoms with Gasteiger partial charge in [-0.05, 0) is 38.3 Å². The largest absolute Gasteiger partial charge is 0.376 e. The third-order valence-electron chi connectivity index (χ3n) is 4.42. The fourth-order valence-corrected chi connectivity index (χ4v) is 7.28. The first-order chi connectivity index (χ1) is 13.2. The number of rotatable bonds is 8. The van der Waals surface area contributed by atoms with Gasteiger partial charge >= 0.3 is 0 Å². The fourth-order valence-electron chi connectivity index (χ4n) is 2.91. The van der Waals surface area contributed by atoms with Crippen LogP contribution in [0.1, 0.15) is 31.7 Å². The van der Waals surface area contributed by atoms with Crippen LogP contribution in [0.25, 0.3) is 0 Å². The van der Waals surface area contributed by atoms with Crippen molar-refractivity contribution in [2.75, 3.05) is 24.2 Å². The standard InChI is InChI=1S/C18H24N2O5S3/c1-3-11-27(21,22)18-20-17(16(26-18)19-12-14-5-4-10-25-14)28(23,24)15-8-6-13(2)7-9-15/h6-9,14,19H,3-5,10-12H2,1-2H3/t14-/m0/s1. The third-order valence-corrected chi connectivity index (χ3v) is 9.63. The Hall–Kier alpha value is -1.49. The summed E-state index contributed by atoms with van der Waals surface area (Å²) in [7, 11) is -7.58. The molecule has 1 aromatic carbocycles. The minimum Gasteiger partial charge on any atom is -0.376 e. The van der Waals surface area contributed by atoms with E-state index in [1.54, 1.807) is 19.1 Å². The van der Waals surface area contributed by atoms with Gasteiger partial charge in [-0.25, -0.2) is 21.8 Å². The number of nitrogens with zero attached hydrogens (tertiary/aromatic N) is 1. The molecule has 10 heteroatoms. The molecule has 1 aliphatic heterocycles. The van der Waals surface area contributed by atoms with Crippen molar-refractivity contribution in [3.63, 3.8) is 0 Å². The molecule has 0 spiro atoms. The van der Waals surface area contributed by atoms with E-state index in [1.165, 1.54) is 12.1 Å². The van der Waals surface area contributed by atoms with E-state index in [0.29, 0.717) is 19.6 Å². The Morgan fingerprint density at radius 1 is 1.21 bits per heavy atom. The predicted octanol–water partition coefficient (Wildman–Crippen LogP) is 3.06. The van der Waals surface area contributed by atoms with Crippen LogP contribution in [-0.2, 0) is 24.4 Å². The summed E-state index contributed by atoms with van der Waals surface area (Å²) in [6, 6.07) is 6.42. The van der Waals surface area contributed by atoms with Crippen LogP contribution in [-0.4, -0.2) is 46.8 Å². The molecule has 1 fully saturated rings. The van der Waals surface area contributed by atoms with Gasteiger partial charge in [-0.15, -0.1) is 0 Å². The van der Waals surface area contributed by atoms with Gasteiger partial charge in [0.25, 0.3) is 0 Å². The molecular formula is C18H24N2O5S3. The first-order valence-electron chi connectivity index (χ1n) is 9.15. The number of anilines is 1. The zero-order chi connectivity index (χ0) is 20.4. The number of nitrogens with one attached hydrogen (secondary N) is 1. The number of hydrogen-bond acceptors (Lipinski definition) is 8. The first-order valence-corrected chi connectivity index (χ1v) is 13.1. The second kappa shape index (κ2) is 8.48. The molecule has 0 saturated carbocycles. The molecule has 1 aromatic heterocycles. The smallest absolute Gasteiger partial charge is 0.226 e. The lowest BCUT2D eigenvalue weighted by Crippen LogP contribution is -2.19. The maximum Gasteiger partial charge on any atom is 0.226 e. The van der Waals surface area contributed by atoms with Crippen molar-refractivity contribution in [1.29, 1.82) is 0 Å². The monoisotopic (exact) mass is 444 g/mol. The lowest BCUT2D eigenvalue weighted by Gasteiger charge is -2.11. The van der Waals surface area contributed by atoms with Gasteiger partial charge in [0.2, 0.25) is 24.0 Å². The lowest BCUT2D eigenvalue weighted by atomic mass is 10.2. The van der Waals surface area contributed by atoms with Gasteiger partial charge in [0, 0.05) is 13.2 Å². The maximum atomic E-state index is 13.1. The Morgan fingerprint density at radius 2 is 1.93 bits per heavy atom. The molecule has 0 amide bonds. The molecule has 0 radical (unpaired) electrons. The molecule has 154 valence electrons. The molecule has 1 aliphatic rings. The van der Waals surface area contributed by atoms with Gasteiger partial charge < -0.3 is 10.1 Å². The van der Waals surface area contributed by atoms with Crippen molar-refractivity contribution in [1.82, 2.24) is 4.98 Å². The molecule has 2 heterocycles. The van der Waals surface area contributed by atoms with Crippen molar-refractivity contribution in [3.05, 3.63) is 29.8 Å². The second-order valence-electron chi connectivity index (χ2n) is 6.77. The van der Waals surface area contributed by atoms with E-state index in [9.17, 15) is 16.8 Å². The van der Waals surface area contributed by atoms with Crippen LogP contribution in [0.5, 0.6) is 0 Å². The van der Waals surface area contributed by atoms with Gasteiger partial charge in [0.05, 0.1) is 16.8 Å². The first kappa shape index (κ1) is 21.2. The summed E-state index contributed by atoms with van der Waals surface area (Å²) >= 11 is 0.870. The second-order valence-corrected chi connectivity index (χ2v) is 11.9. The highest BCUT2D eigenvalue weighted by Gasteiger charge is 2.30. The van der Waals surface area contributed by atoms with E-state index in [1.807, 2.05) is 6.92 Å². The van der Waals surface area contributed by atoms with Crippen LogP contribution >= 0.6 is 11.3 Å². The zero-order valence-corrected chi connectivity index (χ0v) is 18.3. The van der Waals surface area contributed by atoms with Crippen molar-refractivity contribution >= 4 is 36.0 Å². The maximum absolute atomic E-state index is 13.1. The Labute approximate surface area is 170 Å². The van der Waals surface area contributed by atoms with Crippen molar-refractivity contribution in [2.24, 2.45) is 0 Å². The minimum atomic E-state index is -3.95. The van der Waals surface area contributed by atoms with Crippen molar-refractivity contribution < 1.29 is 21.6 Å². The van der Waals surface area contributed by atoms with Crippen LogP contribution in [0.4, 0.5) is 5.00 Å². The number of aromatic nitrogens is 1. The summed E-state index contributed by atoms with van der Waals surface area (Å²) in [6.45, 7) is 4.71. The highest BCUT2D eigenvalue weighted by atomic mass is 32.2. The molecule has 0 aliphatic carbocycles. The topological polar surface area (TPSA) is 102 Å². The number of sulfone groups is 2. The molecule has 28 heavy (non-hydrogen) atoms. The van der Waals surface area contributed by atoms with Crippen LogP contribution in [0.15, 0.2) is 38.5 Å². The van der Waals surface area contributed by atoms with E-state index < -0.39 is 19.7 Å². The quantitative estimate of drug-likeness (QED) is 0.667. The number of thiazole rings is 1. The van der Waals surface area contributed by atoms with Gasteiger partial charge in [0.15, 0.2) is 5.03 Å². The Bertz CT molecular complexity index is 1020. The molecule has 1 atom stereocenters. The molecule has 0 bridgehead atoms. The summed E-state index contributed by atoms with van der Waals surface area (Å²) in [6.07, 6.45) is 2.25. The summed E-state index contributed by atoms with van der Waals surface area (Å²) in [5, 5.41) is 3.06. The van der Waals surface area contributed by atoms with E-state index >= 15 is 0 Å². The molecular weight excluding hydrogens is 420 g/mol. The summed E-state index contributed by atoms with van der Waals surface area (Å²) in [4.78, 5) is 4.14. The lowest BCUT2D eigenvalue weighted by molar-refractivity contribution is 0.120. The SMILES string of the molecule is CCCS(=O)(=O)c1nc(S(=O)(=O)c2ccc(C)cc2)c(NC[C@@H]2CCCO2)s1. The normalized spacial score (nSPS) is 17.7. The molecule has 7 nitrogen and oxygen atoms in total. The van der Waals surface area contributed by atoms with Crippen molar-refractivity contribution in [3.8, 4) is 0 Å². The van der Waals surface area contributed by atoms with Gasteiger partial charge in [-0.2, -0.15) is 0 Å². The predicted molar refractivity (Wildman–Crippen MR) is 109 cm³/mol.